The van der Waals surface area contributed by atoms with E-state index in [4.69, 9.17) is 21.1 Å². The van der Waals surface area contributed by atoms with Crippen molar-refractivity contribution in [3.8, 4) is 11.5 Å². The second-order valence-corrected chi connectivity index (χ2v) is 9.12. The number of benzene rings is 2. The zero-order valence-corrected chi connectivity index (χ0v) is 21.1. The molecule has 34 heavy (non-hydrogen) atoms. The molecule has 2 amide bonds. The van der Waals surface area contributed by atoms with Crippen molar-refractivity contribution in [2.45, 2.75) is 64.1 Å². The van der Waals surface area contributed by atoms with Gasteiger partial charge in [0.1, 0.15) is 11.9 Å². The molecule has 0 saturated heterocycles. The van der Waals surface area contributed by atoms with E-state index in [1.807, 2.05) is 37.3 Å². The lowest BCUT2D eigenvalue weighted by Crippen LogP contribution is -2.46. The molecule has 2 aromatic carbocycles. The van der Waals surface area contributed by atoms with Crippen LogP contribution in [-0.2, 0) is 16.1 Å². The average molecular weight is 487 g/mol. The minimum Gasteiger partial charge on any atom is -0.493 e. The molecule has 0 bridgehead atoms. The number of amides is 2. The highest BCUT2D eigenvalue weighted by Gasteiger charge is 2.33. The fourth-order valence-corrected chi connectivity index (χ4v) is 4.64. The van der Waals surface area contributed by atoms with Crippen molar-refractivity contribution in [3.63, 3.8) is 0 Å². The standard InChI is InChI=1S/C27H35ClN2O4/c1-19-10-12-20(13-11-19)18-30(25(31)17-28)26(21-14-15-23(33-2)24(16-21)34-3)27(32)29-22-8-6-4-5-7-9-22/h10-16,22,26H,4-9,17-18H2,1-3H3,(H,29,32). The van der Waals surface area contributed by atoms with Crippen molar-refractivity contribution in [2.24, 2.45) is 0 Å². The lowest BCUT2D eigenvalue weighted by atomic mass is 10.0. The maximum Gasteiger partial charge on any atom is 0.247 e. The average Bonchev–Trinajstić information content (AvgIpc) is 3.12. The topological polar surface area (TPSA) is 67.9 Å². The Morgan fingerprint density at radius 3 is 2.24 bits per heavy atom. The second kappa shape index (κ2) is 12.7. The Bertz CT molecular complexity index is 956. The van der Waals surface area contributed by atoms with E-state index in [1.165, 1.54) is 12.8 Å². The number of hydrogen-bond donors (Lipinski definition) is 1. The van der Waals surface area contributed by atoms with Gasteiger partial charge in [-0.15, -0.1) is 11.6 Å². The van der Waals surface area contributed by atoms with Crippen LogP contribution < -0.4 is 14.8 Å². The predicted molar refractivity (Wildman–Crippen MR) is 134 cm³/mol. The molecule has 0 aromatic heterocycles. The molecule has 6 nitrogen and oxygen atoms in total. The maximum absolute atomic E-state index is 13.8. The van der Waals surface area contributed by atoms with Gasteiger partial charge < -0.3 is 19.7 Å². The number of methoxy groups -OCH3 is 2. The quantitative estimate of drug-likeness (QED) is 0.392. The van der Waals surface area contributed by atoms with E-state index < -0.39 is 6.04 Å². The molecule has 1 fully saturated rings. The van der Waals surface area contributed by atoms with Crippen molar-refractivity contribution in [3.05, 3.63) is 59.2 Å². The van der Waals surface area contributed by atoms with Crippen LogP contribution in [0.25, 0.3) is 0 Å². The van der Waals surface area contributed by atoms with Crippen LogP contribution in [0.1, 0.15) is 61.3 Å². The molecule has 184 valence electrons. The first kappa shape index (κ1) is 25.9. The molecular weight excluding hydrogens is 452 g/mol. The first-order valence-corrected chi connectivity index (χ1v) is 12.4. The number of nitrogens with zero attached hydrogens (tertiary/aromatic N) is 1. The Kier molecular flexibility index (Phi) is 9.63. The summed E-state index contributed by atoms with van der Waals surface area (Å²) < 4.78 is 10.9. The van der Waals surface area contributed by atoms with Gasteiger partial charge in [-0.3, -0.25) is 9.59 Å². The summed E-state index contributed by atoms with van der Waals surface area (Å²) in [6, 6.07) is 12.5. The van der Waals surface area contributed by atoms with Gasteiger partial charge in [0.15, 0.2) is 11.5 Å². The number of alkyl halides is 1. The van der Waals surface area contributed by atoms with Crippen LogP contribution in [0.5, 0.6) is 11.5 Å². The number of aryl methyl sites for hydroxylation is 1. The zero-order valence-electron chi connectivity index (χ0n) is 20.3. The van der Waals surface area contributed by atoms with Gasteiger partial charge in [-0.2, -0.15) is 0 Å². The third-order valence-electron chi connectivity index (χ3n) is 6.39. The molecule has 2 aromatic rings. The van der Waals surface area contributed by atoms with Crippen LogP contribution in [0.15, 0.2) is 42.5 Å². The number of ether oxygens (including phenoxy) is 2. The van der Waals surface area contributed by atoms with Gasteiger partial charge in [0.05, 0.1) is 14.2 Å². The second-order valence-electron chi connectivity index (χ2n) is 8.85. The van der Waals surface area contributed by atoms with Crippen LogP contribution in [0.4, 0.5) is 0 Å². The van der Waals surface area contributed by atoms with Crippen molar-refractivity contribution < 1.29 is 19.1 Å². The van der Waals surface area contributed by atoms with Crippen molar-refractivity contribution >= 4 is 23.4 Å². The Morgan fingerprint density at radius 1 is 1.00 bits per heavy atom. The van der Waals surface area contributed by atoms with Gasteiger partial charge in [0.25, 0.3) is 0 Å². The summed E-state index contributed by atoms with van der Waals surface area (Å²) in [5, 5.41) is 3.23. The third kappa shape index (κ3) is 6.66. The molecule has 7 heteroatoms. The fraction of sp³-hybridized carbons (Fsp3) is 0.481. The van der Waals surface area contributed by atoms with Gasteiger partial charge in [-0.05, 0) is 43.0 Å². The molecule has 1 atom stereocenters. The molecule has 1 saturated carbocycles. The minimum absolute atomic E-state index is 0.102. The van der Waals surface area contributed by atoms with Gasteiger partial charge in [-0.25, -0.2) is 0 Å². The Labute approximate surface area is 207 Å². The predicted octanol–water partition coefficient (Wildman–Crippen LogP) is 5.16. The molecule has 0 radical (unpaired) electrons. The molecule has 0 spiro atoms. The minimum atomic E-state index is -0.851. The van der Waals surface area contributed by atoms with E-state index in [0.29, 0.717) is 17.1 Å². The normalized spacial score (nSPS) is 15.2. The van der Waals surface area contributed by atoms with Crippen LogP contribution in [0.2, 0.25) is 0 Å². The van der Waals surface area contributed by atoms with E-state index in [-0.39, 0.29) is 30.3 Å². The number of carbonyl (C=O) groups excluding carboxylic acids is 2. The van der Waals surface area contributed by atoms with E-state index >= 15 is 0 Å². The van der Waals surface area contributed by atoms with Crippen LogP contribution >= 0.6 is 11.6 Å². The Balaban J connectivity index is 2.00. The van der Waals surface area contributed by atoms with Gasteiger partial charge in [-0.1, -0.05) is 61.6 Å². The largest absolute Gasteiger partial charge is 0.493 e. The summed E-state index contributed by atoms with van der Waals surface area (Å²) >= 11 is 6.03. The molecule has 0 heterocycles. The van der Waals surface area contributed by atoms with Gasteiger partial charge in [0.2, 0.25) is 11.8 Å². The van der Waals surface area contributed by atoms with Crippen molar-refractivity contribution in [2.75, 3.05) is 20.1 Å². The first-order valence-electron chi connectivity index (χ1n) is 11.9. The van der Waals surface area contributed by atoms with Gasteiger partial charge in [0, 0.05) is 12.6 Å². The number of hydrogen-bond acceptors (Lipinski definition) is 4. The van der Waals surface area contributed by atoms with E-state index in [1.54, 1.807) is 31.3 Å². The summed E-state index contributed by atoms with van der Waals surface area (Å²) in [6.45, 7) is 2.28. The highest BCUT2D eigenvalue weighted by Crippen LogP contribution is 2.33. The molecule has 0 aliphatic heterocycles. The number of nitrogens with one attached hydrogen (secondary N) is 1. The van der Waals surface area contributed by atoms with E-state index in [2.05, 4.69) is 5.32 Å². The number of carbonyl (C=O) groups is 2. The van der Waals surface area contributed by atoms with Crippen molar-refractivity contribution in [1.82, 2.24) is 10.2 Å². The van der Waals surface area contributed by atoms with Crippen LogP contribution in [-0.4, -0.2) is 42.9 Å². The van der Waals surface area contributed by atoms with E-state index in [0.717, 1.165) is 36.8 Å². The van der Waals surface area contributed by atoms with Crippen LogP contribution in [0, 0.1) is 6.92 Å². The van der Waals surface area contributed by atoms with E-state index in [9.17, 15) is 9.59 Å². The first-order chi connectivity index (χ1) is 16.5. The molecule has 1 aliphatic carbocycles. The Hall–Kier alpha value is -2.73. The number of halogens is 1. The smallest absolute Gasteiger partial charge is 0.247 e. The molecule has 1 unspecified atom stereocenters. The molecule has 3 rings (SSSR count). The summed E-state index contributed by atoms with van der Waals surface area (Å²) in [6.07, 6.45) is 6.47. The fourth-order valence-electron chi connectivity index (χ4n) is 4.49. The number of rotatable bonds is 9. The summed E-state index contributed by atoms with van der Waals surface area (Å²) in [4.78, 5) is 28.4. The van der Waals surface area contributed by atoms with Crippen LogP contribution in [0.3, 0.4) is 0 Å². The summed E-state index contributed by atoms with van der Waals surface area (Å²) in [5.41, 5.74) is 2.70. The lowest BCUT2D eigenvalue weighted by Gasteiger charge is -2.32. The SMILES string of the molecule is COc1ccc(C(C(=O)NC2CCCCCC2)N(Cc2ccc(C)cc2)C(=O)CCl)cc1OC. The molecular formula is C27H35ClN2O4. The molecule has 1 N–H and O–H groups in total. The summed E-state index contributed by atoms with van der Waals surface area (Å²) in [5.74, 6) is 0.332. The van der Waals surface area contributed by atoms with Gasteiger partial charge >= 0.3 is 0 Å². The highest BCUT2D eigenvalue weighted by molar-refractivity contribution is 6.27. The monoisotopic (exact) mass is 486 g/mol. The third-order valence-corrected chi connectivity index (χ3v) is 6.62. The lowest BCUT2D eigenvalue weighted by molar-refractivity contribution is -0.140. The highest BCUT2D eigenvalue weighted by atomic mass is 35.5. The zero-order chi connectivity index (χ0) is 24.5. The van der Waals surface area contributed by atoms with Crippen molar-refractivity contribution in [1.29, 1.82) is 0 Å². The Morgan fingerprint density at radius 2 is 1.65 bits per heavy atom. The maximum atomic E-state index is 13.8. The molecule has 1 aliphatic rings. The summed E-state index contributed by atoms with van der Waals surface area (Å²) in [7, 11) is 3.12.